The molecule has 1 unspecified atom stereocenters. The second-order valence-corrected chi connectivity index (χ2v) is 5.06. The van der Waals surface area contributed by atoms with Crippen LogP contribution in [0.4, 0.5) is 10.2 Å². The monoisotopic (exact) mass is 290 g/mol. The first-order chi connectivity index (χ1) is 7.49. The number of rotatable bonds is 5. The zero-order valence-corrected chi connectivity index (χ0v) is 11.0. The lowest BCUT2D eigenvalue weighted by atomic mass is 10.1. The third-order valence-corrected chi connectivity index (χ3v) is 2.49. The van der Waals surface area contributed by atoms with E-state index in [1.165, 1.54) is 12.3 Å². The topological polar surface area (TPSA) is 45.1 Å². The van der Waals surface area contributed by atoms with E-state index in [0.717, 1.165) is 0 Å². The number of aliphatic hydroxyl groups excluding tert-OH is 1. The van der Waals surface area contributed by atoms with Crippen LogP contribution in [0.1, 0.15) is 20.3 Å². The number of aromatic nitrogens is 1. The molecule has 16 heavy (non-hydrogen) atoms. The number of aliphatic hydroxyl groups is 1. The number of pyridine rings is 1. The summed E-state index contributed by atoms with van der Waals surface area (Å²) in [6.45, 7) is 4.37. The van der Waals surface area contributed by atoms with E-state index < -0.39 is 11.9 Å². The second kappa shape index (κ2) is 6.15. The third kappa shape index (κ3) is 4.45. The number of nitrogens with zero attached hydrogens (tertiary/aromatic N) is 1. The van der Waals surface area contributed by atoms with E-state index in [9.17, 15) is 9.50 Å². The summed E-state index contributed by atoms with van der Waals surface area (Å²) in [6, 6.07) is 1.34. The smallest absolute Gasteiger partial charge is 0.166 e. The lowest BCUT2D eigenvalue weighted by molar-refractivity contribution is 0.161. The predicted octanol–water partition coefficient (Wildman–Crippen LogP) is 2.80. The Kier molecular flexibility index (Phi) is 5.15. The fraction of sp³-hybridized carbons (Fsp3) is 0.545. The zero-order valence-electron chi connectivity index (χ0n) is 9.37. The van der Waals surface area contributed by atoms with Gasteiger partial charge in [-0.15, -0.1) is 0 Å². The van der Waals surface area contributed by atoms with Crippen molar-refractivity contribution in [2.24, 2.45) is 5.92 Å². The van der Waals surface area contributed by atoms with Gasteiger partial charge in [0.05, 0.1) is 6.10 Å². The first-order valence-corrected chi connectivity index (χ1v) is 6.01. The molecular formula is C11H16BrFN2O. The molecule has 0 bridgehead atoms. The summed E-state index contributed by atoms with van der Waals surface area (Å²) in [5.74, 6) is 0.164. The minimum Gasteiger partial charge on any atom is -0.391 e. The Balaban J connectivity index is 2.48. The molecule has 1 atom stereocenters. The van der Waals surface area contributed by atoms with Crippen LogP contribution in [0.3, 0.4) is 0 Å². The third-order valence-electron chi connectivity index (χ3n) is 2.06. The van der Waals surface area contributed by atoms with Crippen LogP contribution >= 0.6 is 15.9 Å². The van der Waals surface area contributed by atoms with Crippen LogP contribution < -0.4 is 5.32 Å². The zero-order chi connectivity index (χ0) is 12.1. The van der Waals surface area contributed by atoms with Crippen LogP contribution in [-0.4, -0.2) is 22.7 Å². The van der Waals surface area contributed by atoms with Gasteiger partial charge in [-0.3, -0.25) is 0 Å². The molecule has 1 rings (SSSR count). The van der Waals surface area contributed by atoms with E-state index in [-0.39, 0.29) is 5.82 Å². The van der Waals surface area contributed by atoms with E-state index in [1.54, 1.807) is 0 Å². The van der Waals surface area contributed by atoms with Gasteiger partial charge in [-0.1, -0.05) is 13.8 Å². The largest absolute Gasteiger partial charge is 0.391 e. The highest BCUT2D eigenvalue weighted by Crippen LogP contribution is 2.16. The minimum absolute atomic E-state index is 0.172. The molecule has 2 N–H and O–H groups in total. The molecule has 1 aromatic rings. The van der Waals surface area contributed by atoms with Gasteiger partial charge in [0.1, 0.15) is 0 Å². The second-order valence-electron chi connectivity index (χ2n) is 4.15. The maximum absolute atomic E-state index is 13.3. The minimum atomic E-state index is -0.482. The molecule has 0 saturated carbocycles. The van der Waals surface area contributed by atoms with Crippen molar-refractivity contribution in [1.82, 2.24) is 4.98 Å². The Morgan fingerprint density at radius 2 is 2.25 bits per heavy atom. The maximum Gasteiger partial charge on any atom is 0.166 e. The molecule has 0 spiro atoms. The van der Waals surface area contributed by atoms with Crippen molar-refractivity contribution in [1.29, 1.82) is 0 Å². The molecule has 0 aromatic carbocycles. The normalized spacial score (nSPS) is 12.9. The number of halogens is 2. The van der Waals surface area contributed by atoms with Gasteiger partial charge in [-0.2, -0.15) is 0 Å². The van der Waals surface area contributed by atoms with Crippen molar-refractivity contribution in [2.75, 3.05) is 11.9 Å². The standard InChI is InChI=1S/C11H16BrFN2O/c1-7(2)3-9(16)6-15-11-10(13)4-8(12)5-14-11/h4-5,7,9,16H,3,6H2,1-2H3,(H,14,15). The quantitative estimate of drug-likeness (QED) is 0.877. The SMILES string of the molecule is CC(C)CC(O)CNc1ncc(Br)cc1F. The summed E-state index contributed by atoms with van der Waals surface area (Å²) >= 11 is 3.13. The summed E-state index contributed by atoms with van der Waals surface area (Å²) < 4.78 is 13.9. The first kappa shape index (κ1) is 13.4. The van der Waals surface area contributed by atoms with Crippen molar-refractivity contribution >= 4 is 21.7 Å². The Bertz CT molecular complexity index is 347. The highest BCUT2D eigenvalue weighted by Gasteiger charge is 2.09. The molecule has 0 aliphatic rings. The van der Waals surface area contributed by atoms with Gasteiger partial charge in [-0.05, 0) is 34.3 Å². The van der Waals surface area contributed by atoms with E-state index in [1.807, 2.05) is 13.8 Å². The summed E-state index contributed by atoms with van der Waals surface area (Å²) in [5, 5.41) is 12.4. The Labute approximate surface area is 103 Å². The van der Waals surface area contributed by atoms with Gasteiger partial charge in [0.25, 0.3) is 0 Å². The van der Waals surface area contributed by atoms with Crippen LogP contribution in [0.2, 0.25) is 0 Å². The van der Waals surface area contributed by atoms with Crippen molar-refractivity contribution in [2.45, 2.75) is 26.4 Å². The molecule has 1 aromatic heterocycles. The number of hydrogen-bond donors (Lipinski definition) is 2. The first-order valence-electron chi connectivity index (χ1n) is 5.22. The molecule has 0 fully saturated rings. The van der Waals surface area contributed by atoms with Crippen molar-refractivity contribution < 1.29 is 9.50 Å². The van der Waals surface area contributed by atoms with Gasteiger partial charge >= 0.3 is 0 Å². The summed E-state index contributed by atoms with van der Waals surface area (Å²) in [4.78, 5) is 3.88. The molecule has 3 nitrogen and oxygen atoms in total. The molecule has 0 aliphatic heterocycles. The summed E-state index contributed by atoms with van der Waals surface area (Å²) in [6.07, 6.45) is 1.72. The van der Waals surface area contributed by atoms with Crippen molar-refractivity contribution in [3.05, 3.63) is 22.6 Å². The number of hydrogen-bond acceptors (Lipinski definition) is 3. The molecule has 0 aliphatic carbocycles. The van der Waals surface area contributed by atoms with Crippen LogP contribution in [0, 0.1) is 11.7 Å². The summed E-state index contributed by atoms with van der Waals surface area (Å²) in [7, 11) is 0. The molecule has 0 saturated heterocycles. The van der Waals surface area contributed by atoms with E-state index >= 15 is 0 Å². The average Bonchev–Trinajstić information content (AvgIpc) is 2.15. The summed E-state index contributed by atoms with van der Waals surface area (Å²) in [5.41, 5.74) is 0. The van der Waals surface area contributed by atoms with Crippen molar-refractivity contribution in [3.63, 3.8) is 0 Å². The Hall–Kier alpha value is -0.680. The van der Waals surface area contributed by atoms with Crippen LogP contribution in [0.15, 0.2) is 16.7 Å². The fourth-order valence-corrected chi connectivity index (χ4v) is 1.69. The van der Waals surface area contributed by atoms with E-state index in [2.05, 4.69) is 26.2 Å². The van der Waals surface area contributed by atoms with Gasteiger partial charge in [0, 0.05) is 17.2 Å². The van der Waals surface area contributed by atoms with Gasteiger partial charge in [-0.25, -0.2) is 9.37 Å². The van der Waals surface area contributed by atoms with Gasteiger partial charge < -0.3 is 10.4 Å². The molecule has 0 amide bonds. The van der Waals surface area contributed by atoms with Crippen LogP contribution in [-0.2, 0) is 0 Å². The maximum atomic E-state index is 13.3. The molecular weight excluding hydrogens is 275 g/mol. The molecule has 1 heterocycles. The Morgan fingerprint density at radius 3 is 2.81 bits per heavy atom. The fourth-order valence-electron chi connectivity index (χ4n) is 1.39. The van der Waals surface area contributed by atoms with Crippen LogP contribution in [0.25, 0.3) is 0 Å². The van der Waals surface area contributed by atoms with E-state index in [4.69, 9.17) is 0 Å². The number of anilines is 1. The number of nitrogens with one attached hydrogen (secondary N) is 1. The van der Waals surface area contributed by atoms with Gasteiger partial charge in [0.2, 0.25) is 0 Å². The molecule has 0 radical (unpaired) electrons. The highest BCUT2D eigenvalue weighted by atomic mass is 79.9. The molecule has 90 valence electrons. The van der Waals surface area contributed by atoms with Gasteiger partial charge in [0.15, 0.2) is 11.6 Å². The van der Waals surface area contributed by atoms with Crippen molar-refractivity contribution in [3.8, 4) is 0 Å². The lowest BCUT2D eigenvalue weighted by Crippen LogP contribution is -2.22. The Morgan fingerprint density at radius 1 is 1.56 bits per heavy atom. The van der Waals surface area contributed by atoms with E-state index in [0.29, 0.717) is 23.4 Å². The van der Waals surface area contributed by atoms with Crippen LogP contribution in [0.5, 0.6) is 0 Å². The average molecular weight is 291 g/mol. The predicted molar refractivity (Wildman–Crippen MR) is 65.8 cm³/mol. The molecule has 5 heteroatoms. The highest BCUT2D eigenvalue weighted by molar-refractivity contribution is 9.10. The lowest BCUT2D eigenvalue weighted by Gasteiger charge is -2.14.